The average molecular weight is 344 g/mol. The summed E-state index contributed by atoms with van der Waals surface area (Å²) in [4.78, 5) is 24.0. The zero-order valence-corrected chi connectivity index (χ0v) is 14.8. The van der Waals surface area contributed by atoms with E-state index in [9.17, 15) is 4.79 Å². The highest BCUT2D eigenvalue weighted by Crippen LogP contribution is 2.28. The minimum absolute atomic E-state index is 0.270. The van der Waals surface area contributed by atoms with Crippen molar-refractivity contribution in [2.24, 2.45) is 5.92 Å². The van der Waals surface area contributed by atoms with E-state index in [0.717, 1.165) is 45.0 Å². The number of fused-ring (bicyclic) bond motifs is 4. The smallest absolute Gasteiger partial charge is 0.236 e. The highest BCUT2D eigenvalue weighted by Gasteiger charge is 2.36. The fourth-order valence-corrected chi connectivity index (χ4v) is 4.41. The van der Waals surface area contributed by atoms with Gasteiger partial charge in [0.05, 0.1) is 25.5 Å². The Labute approximate surface area is 149 Å². The summed E-state index contributed by atoms with van der Waals surface area (Å²) in [7, 11) is 0. The molecule has 1 amide bonds. The van der Waals surface area contributed by atoms with E-state index in [0.29, 0.717) is 31.7 Å². The van der Waals surface area contributed by atoms with Gasteiger partial charge < -0.3 is 9.64 Å². The van der Waals surface area contributed by atoms with Gasteiger partial charge in [0.15, 0.2) is 0 Å². The molecule has 4 fully saturated rings. The number of rotatable bonds is 4. The van der Waals surface area contributed by atoms with Gasteiger partial charge >= 0.3 is 0 Å². The highest BCUT2D eigenvalue weighted by molar-refractivity contribution is 5.78. The van der Waals surface area contributed by atoms with Crippen molar-refractivity contribution < 1.29 is 9.53 Å². The molecule has 4 aliphatic rings. The fourth-order valence-electron chi connectivity index (χ4n) is 4.41. The summed E-state index contributed by atoms with van der Waals surface area (Å²) in [5.41, 5.74) is 1.14. The maximum Gasteiger partial charge on any atom is 0.236 e. The van der Waals surface area contributed by atoms with Crippen molar-refractivity contribution in [2.75, 3.05) is 52.5 Å². The Morgan fingerprint density at radius 2 is 2.04 bits per heavy atom. The van der Waals surface area contributed by atoms with Crippen LogP contribution in [0.5, 0.6) is 0 Å². The first-order valence-electron chi connectivity index (χ1n) is 9.50. The van der Waals surface area contributed by atoms with Crippen LogP contribution < -0.4 is 0 Å². The van der Waals surface area contributed by atoms with Crippen LogP contribution in [0.15, 0.2) is 24.4 Å². The number of carbonyl (C=O) groups is 1. The number of piperidine rings is 1. The Balaban J connectivity index is 1.37. The molecule has 0 unspecified atom stereocenters. The number of nitrogens with zero attached hydrogens (tertiary/aromatic N) is 4. The van der Waals surface area contributed by atoms with E-state index in [4.69, 9.17) is 4.74 Å². The number of hydrogen-bond donors (Lipinski definition) is 0. The summed E-state index contributed by atoms with van der Waals surface area (Å²) in [6, 6.07) is 6.62. The van der Waals surface area contributed by atoms with Crippen molar-refractivity contribution in [2.45, 2.75) is 25.4 Å². The molecule has 0 aliphatic carbocycles. The van der Waals surface area contributed by atoms with Crippen LogP contribution in [0.1, 0.15) is 18.5 Å². The second-order valence-electron chi connectivity index (χ2n) is 7.53. The first kappa shape index (κ1) is 16.9. The Morgan fingerprint density at radius 3 is 2.84 bits per heavy atom. The quantitative estimate of drug-likeness (QED) is 0.810. The molecule has 0 aromatic carbocycles. The van der Waals surface area contributed by atoms with Gasteiger partial charge in [-0.25, -0.2) is 0 Å². The Kier molecular flexibility index (Phi) is 5.29. The SMILES string of the molecule is O=C(CN1C[C@@H]2CC[C@H]1CN(Cc1ccccn1)C2)N1CCOCC1. The molecular formula is C19H28N4O2. The Hall–Kier alpha value is -1.50. The maximum atomic E-state index is 12.6. The van der Waals surface area contributed by atoms with Crippen molar-refractivity contribution in [3.05, 3.63) is 30.1 Å². The van der Waals surface area contributed by atoms with E-state index >= 15 is 0 Å². The molecule has 2 bridgehead atoms. The van der Waals surface area contributed by atoms with Gasteiger partial charge in [-0.3, -0.25) is 19.6 Å². The molecule has 2 atom stereocenters. The van der Waals surface area contributed by atoms with Gasteiger partial charge in [-0.1, -0.05) is 6.07 Å². The number of amides is 1. The average Bonchev–Trinajstić information content (AvgIpc) is 2.94. The first-order valence-corrected chi connectivity index (χ1v) is 9.50. The van der Waals surface area contributed by atoms with Gasteiger partial charge in [-0.15, -0.1) is 0 Å². The number of carbonyl (C=O) groups excluding carboxylic acids is 1. The molecule has 4 saturated heterocycles. The second kappa shape index (κ2) is 7.81. The predicted molar refractivity (Wildman–Crippen MR) is 95.0 cm³/mol. The lowest BCUT2D eigenvalue weighted by atomic mass is 9.95. The summed E-state index contributed by atoms with van der Waals surface area (Å²) in [5.74, 6) is 0.937. The summed E-state index contributed by atoms with van der Waals surface area (Å²) >= 11 is 0. The number of hydrogen-bond acceptors (Lipinski definition) is 5. The Morgan fingerprint density at radius 1 is 1.16 bits per heavy atom. The normalized spacial score (nSPS) is 28.1. The topological polar surface area (TPSA) is 48.9 Å². The number of aromatic nitrogens is 1. The molecule has 136 valence electrons. The molecule has 0 spiro atoms. The van der Waals surface area contributed by atoms with Gasteiger partial charge in [0.1, 0.15) is 0 Å². The van der Waals surface area contributed by atoms with Crippen LogP contribution >= 0.6 is 0 Å². The van der Waals surface area contributed by atoms with Crippen LogP contribution in [0.25, 0.3) is 0 Å². The molecule has 1 aromatic heterocycles. The minimum atomic E-state index is 0.270. The summed E-state index contributed by atoms with van der Waals surface area (Å²) in [5, 5.41) is 0. The number of ether oxygens (including phenoxy) is 1. The van der Waals surface area contributed by atoms with E-state index in [1.807, 2.05) is 17.2 Å². The van der Waals surface area contributed by atoms with E-state index in [-0.39, 0.29) is 5.91 Å². The van der Waals surface area contributed by atoms with E-state index < -0.39 is 0 Å². The zero-order valence-electron chi connectivity index (χ0n) is 14.8. The summed E-state index contributed by atoms with van der Waals surface area (Å²) in [6.07, 6.45) is 4.36. The molecular weight excluding hydrogens is 316 g/mol. The summed E-state index contributed by atoms with van der Waals surface area (Å²) < 4.78 is 5.36. The van der Waals surface area contributed by atoms with Gasteiger partial charge in [0, 0.05) is 51.5 Å². The molecule has 5 heterocycles. The number of morpholine rings is 1. The molecule has 0 saturated carbocycles. The predicted octanol–water partition coefficient (Wildman–Crippen LogP) is 0.837. The monoisotopic (exact) mass is 344 g/mol. The maximum absolute atomic E-state index is 12.6. The van der Waals surface area contributed by atoms with Crippen LogP contribution in [-0.4, -0.2) is 84.1 Å². The highest BCUT2D eigenvalue weighted by atomic mass is 16.5. The zero-order chi connectivity index (χ0) is 17.1. The van der Waals surface area contributed by atoms with Crippen molar-refractivity contribution >= 4 is 5.91 Å². The molecule has 6 heteroatoms. The molecule has 0 N–H and O–H groups in total. The molecule has 1 aromatic rings. The van der Waals surface area contributed by atoms with Crippen molar-refractivity contribution in [1.82, 2.24) is 19.7 Å². The third-order valence-electron chi connectivity index (χ3n) is 5.72. The van der Waals surface area contributed by atoms with Gasteiger partial charge in [0.2, 0.25) is 5.91 Å². The van der Waals surface area contributed by atoms with Crippen LogP contribution in [0.2, 0.25) is 0 Å². The van der Waals surface area contributed by atoms with Crippen LogP contribution in [0, 0.1) is 5.92 Å². The van der Waals surface area contributed by atoms with Crippen LogP contribution in [-0.2, 0) is 16.1 Å². The van der Waals surface area contributed by atoms with Crippen molar-refractivity contribution in [3.8, 4) is 0 Å². The lowest BCUT2D eigenvalue weighted by Gasteiger charge is -2.37. The minimum Gasteiger partial charge on any atom is -0.378 e. The van der Waals surface area contributed by atoms with E-state index in [1.54, 1.807) is 0 Å². The number of pyridine rings is 1. The van der Waals surface area contributed by atoms with Crippen molar-refractivity contribution in [3.63, 3.8) is 0 Å². The molecule has 6 nitrogen and oxygen atoms in total. The largest absolute Gasteiger partial charge is 0.378 e. The third kappa shape index (κ3) is 4.19. The standard InChI is InChI=1S/C19H28N4O2/c24-19(22-7-9-25-10-8-22)15-23-12-16-4-5-18(23)14-21(11-16)13-17-3-1-2-6-20-17/h1-3,6,16,18H,4-5,7-15H2/t16-,18+/m1/s1. The van der Waals surface area contributed by atoms with Crippen molar-refractivity contribution in [1.29, 1.82) is 0 Å². The van der Waals surface area contributed by atoms with Gasteiger partial charge in [0.25, 0.3) is 0 Å². The first-order chi connectivity index (χ1) is 12.3. The fraction of sp³-hybridized carbons (Fsp3) is 0.684. The Bertz CT molecular complexity index is 576. The second-order valence-corrected chi connectivity index (χ2v) is 7.53. The lowest BCUT2D eigenvalue weighted by Crippen LogP contribution is -2.51. The van der Waals surface area contributed by atoms with E-state index in [1.165, 1.54) is 12.8 Å². The third-order valence-corrected chi connectivity index (χ3v) is 5.72. The lowest BCUT2D eigenvalue weighted by molar-refractivity contribution is -0.137. The van der Waals surface area contributed by atoms with Crippen LogP contribution in [0.3, 0.4) is 0 Å². The molecule has 4 aliphatic heterocycles. The van der Waals surface area contributed by atoms with E-state index in [2.05, 4.69) is 26.9 Å². The summed E-state index contributed by atoms with van der Waals surface area (Å²) in [6.45, 7) is 7.54. The van der Waals surface area contributed by atoms with Gasteiger partial charge in [-0.2, -0.15) is 0 Å². The van der Waals surface area contributed by atoms with Crippen LogP contribution in [0.4, 0.5) is 0 Å². The molecule has 25 heavy (non-hydrogen) atoms. The molecule has 0 radical (unpaired) electrons. The molecule has 5 rings (SSSR count). The van der Waals surface area contributed by atoms with Gasteiger partial charge in [-0.05, 0) is 30.9 Å².